The lowest BCUT2D eigenvalue weighted by Gasteiger charge is -2.36. The van der Waals surface area contributed by atoms with Crippen LogP contribution >= 0.6 is 0 Å². The van der Waals surface area contributed by atoms with Gasteiger partial charge in [-0.25, -0.2) is 4.98 Å². The summed E-state index contributed by atoms with van der Waals surface area (Å²) < 4.78 is 5.76. The number of morpholine rings is 1. The summed E-state index contributed by atoms with van der Waals surface area (Å²) in [7, 11) is 1.97. The number of aromatic nitrogens is 1. The van der Waals surface area contributed by atoms with Crippen LogP contribution < -0.4 is 10.2 Å². The van der Waals surface area contributed by atoms with E-state index in [9.17, 15) is 0 Å². The van der Waals surface area contributed by atoms with Gasteiger partial charge in [0, 0.05) is 25.3 Å². The number of nitrogens with one attached hydrogen (secondary N) is 1. The van der Waals surface area contributed by atoms with Crippen molar-refractivity contribution in [2.24, 2.45) is 0 Å². The molecular weight excluding hydrogens is 226 g/mol. The van der Waals surface area contributed by atoms with Crippen molar-refractivity contribution in [3.05, 3.63) is 23.4 Å². The molecule has 1 aromatic heterocycles. The summed E-state index contributed by atoms with van der Waals surface area (Å²) in [4.78, 5) is 6.98. The fourth-order valence-corrected chi connectivity index (χ4v) is 2.55. The minimum atomic E-state index is 0.267. The van der Waals surface area contributed by atoms with Crippen LogP contribution in [0.2, 0.25) is 0 Å². The van der Waals surface area contributed by atoms with Crippen molar-refractivity contribution in [1.29, 1.82) is 0 Å². The molecule has 1 fully saturated rings. The van der Waals surface area contributed by atoms with E-state index in [-0.39, 0.29) is 12.2 Å². The predicted molar refractivity (Wildman–Crippen MR) is 74.0 cm³/mol. The quantitative estimate of drug-likeness (QED) is 0.885. The van der Waals surface area contributed by atoms with Gasteiger partial charge in [-0.3, -0.25) is 0 Å². The van der Waals surface area contributed by atoms with Crippen LogP contribution in [0.3, 0.4) is 0 Å². The van der Waals surface area contributed by atoms with E-state index < -0.39 is 0 Å². The van der Waals surface area contributed by atoms with Gasteiger partial charge in [-0.1, -0.05) is 0 Å². The maximum Gasteiger partial charge on any atom is 0.129 e. The molecule has 0 aromatic carbocycles. The molecule has 0 spiro atoms. The second-order valence-corrected chi connectivity index (χ2v) is 5.17. The minimum Gasteiger partial charge on any atom is -0.372 e. The maximum absolute atomic E-state index is 5.76. The lowest BCUT2D eigenvalue weighted by molar-refractivity contribution is -0.00547. The third kappa shape index (κ3) is 3.21. The van der Waals surface area contributed by atoms with Crippen molar-refractivity contribution in [3.8, 4) is 0 Å². The Labute approximate surface area is 109 Å². The average Bonchev–Trinajstić information content (AvgIpc) is 2.27. The zero-order valence-corrected chi connectivity index (χ0v) is 11.7. The fraction of sp³-hybridized carbons (Fsp3) is 0.643. The van der Waals surface area contributed by atoms with E-state index in [1.807, 2.05) is 7.05 Å². The van der Waals surface area contributed by atoms with Gasteiger partial charge in [0.15, 0.2) is 0 Å². The van der Waals surface area contributed by atoms with E-state index in [4.69, 9.17) is 4.74 Å². The zero-order valence-electron chi connectivity index (χ0n) is 11.7. The van der Waals surface area contributed by atoms with Crippen LogP contribution in [-0.4, -0.2) is 37.3 Å². The SMILES string of the molecule is CNCc1cc(C)nc(N2C[C@@H](C)O[C@@H](C)C2)c1. The Morgan fingerprint density at radius 3 is 2.61 bits per heavy atom. The molecule has 4 nitrogen and oxygen atoms in total. The molecule has 2 atom stereocenters. The van der Waals surface area contributed by atoms with Gasteiger partial charge in [0.2, 0.25) is 0 Å². The lowest BCUT2D eigenvalue weighted by Crippen LogP contribution is -2.45. The molecule has 1 N–H and O–H groups in total. The van der Waals surface area contributed by atoms with Gasteiger partial charge in [0.25, 0.3) is 0 Å². The van der Waals surface area contributed by atoms with Crippen molar-refractivity contribution in [2.45, 2.75) is 39.5 Å². The van der Waals surface area contributed by atoms with Gasteiger partial charge < -0.3 is 15.0 Å². The van der Waals surface area contributed by atoms with Crippen molar-refractivity contribution in [2.75, 3.05) is 25.0 Å². The molecule has 1 aromatic rings. The summed E-state index contributed by atoms with van der Waals surface area (Å²) in [5.74, 6) is 1.07. The molecule has 0 amide bonds. The zero-order chi connectivity index (χ0) is 13.1. The lowest BCUT2D eigenvalue weighted by atomic mass is 10.2. The number of ether oxygens (including phenoxy) is 1. The molecule has 0 radical (unpaired) electrons. The third-order valence-electron chi connectivity index (χ3n) is 3.12. The summed E-state index contributed by atoms with van der Waals surface area (Å²) in [5.41, 5.74) is 2.36. The third-order valence-corrected chi connectivity index (χ3v) is 3.12. The van der Waals surface area contributed by atoms with Gasteiger partial charge >= 0.3 is 0 Å². The first-order chi connectivity index (χ1) is 8.58. The first-order valence-corrected chi connectivity index (χ1v) is 6.61. The Morgan fingerprint density at radius 1 is 1.33 bits per heavy atom. The molecule has 18 heavy (non-hydrogen) atoms. The summed E-state index contributed by atoms with van der Waals surface area (Å²) in [6, 6.07) is 4.31. The van der Waals surface area contributed by atoms with Crippen molar-refractivity contribution < 1.29 is 4.74 Å². The highest BCUT2D eigenvalue weighted by Gasteiger charge is 2.23. The summed E-state index contributed by atoms with van der Waals surface area (Å²) in [6.07, 6.45) is 0.535. The molecule has 1 saturated heterocycles. The molecule has 2 rings (SSSR count). The van der Waals surface area contributed by atoms with Gasteiger partial charge in [0.1, 0.15) is 5.82 Å². The number of aryl methyl sites for hydroxylation is 1. The molecule has 100 valence electrons. The first-order valence-electron chi connectivity index (χ1n) is 6.61. The monoisotopic (exact) mass is 249 g/mol. The normalized spacial score (nSPS) is 24.3. The van der Waals surface area contributed by atoms with E-state index in [2.05, 4.69) is 48.1 Å². The van der Waals surface area contributed by atoms with Crippen molar-refractivity contribution >= 4 is 5.82 Å². The van der Waals surface area contributed by atoms with E-state index in [0.29, 0.717) is 0 Å². The number of pyridine rings is 1. The molecule has 1 aliphatic rings. The van der Waals surface area contributed by atoms with Crippen LogP contribution in [0.5, 0.6) is 0 Å². The van der Waals surface area contributed by atoms with Gasteiger partial charge in [-0.15, -0.1) is 0 Å². The largest absolute Gasteiger partial charge is 0.372 e. The van der Waals surface area contributed by atoms with Crippen LogP contribution in [0.25, 0.3) is 0 Å². The van der Waals surface area contributed by atoms with Gasteiger partial charge in [0.05, 0.1) is 12.2 Å². The Morgan fingerprint density at radius 2 is 2.00 bits per heavy atom. The van der Waals surface area contributed by atoms with E-state index in [1.54, 1.807) is 0 Å². The van der Waals surface area contributed by atoms with E-state index >= 15 is 0 Å². The minimum absolute atomic E-state index is 0.267. The van der Waals surface area contributed by atoms with Crippen LogP contribution in [0.4, 0.5) is 5.82 Å². The highest BCUT2D eigenvalue weighted by atomic mass is 16.5. The summed E-state index contributed by atoms with van der Waals surface area (Å²) in [6.45, 7) is 9.00. The van der Waals surface area contributed by atoms with E-state index in [0.717, 1.165) is 31.1 Å². The number of anilines is 1. The molecule has 0 aliphatic carbocycles. The standard InChI is InChI=1S/C14H23N3O/c1-10-5-13(7-15-4)6-14(16-10)17-8-11(2)18-12(3)9-17/h5-6,11-12,15H,7-9H2,1-4H3/t11-,12+. The Bertz CT molecular complexity index is 398. The molecule has 0 unspecified atom stereocenters. The molecule has 4 heteroatoms. The second kappa shape index (κ2) is 5.67. The maximum atomic E-state index is 5.76. The average molecular weight is 249 g/mol. The van der Waals surface area contributed by atoms with Crippen LogP contribution in [0.1, 0.15) is 25.1 Å². The highest BCUT2D eigenvalue weighted by Crippen LogP contribution is 2.20. The van der Waals surface area contributed by atoms with Crippen molar-refractivity contribution in [1.82, 2.24) is 10.3 Å². The Balaban J connectivity index is 2.21. The number of rotatable bonds is 3. The fourth-order valence-electron chi connectivity index (χ4n) is 2.55. The van der Waals surface area contributed by atoms with Crippen LogP contribution in [-0.2, 0) is 11.3 Å². The van der Waals surface area contributed by atoms with Crippen LogP contribution in [0.15, 0.2) is 12.1 Å². The predicted octanol–water partition coefficient (Wildman–Crippen LogP) is 1.72. The molecule has 1 aliphatic heterocycles. The first kappa shape index (κ1) is 13.3. The summed E-state index contributed by atoms with van der Waals surface area (Å²) in [5, 5.41) is 3.19. The molecule has 0 saturated carbocycles. The Hall–Kier alpha value is -1.13. The molecule has 0 bridgehead atoms. The smallest absolute Gasteiger partial charge is 0.129 e. The Kier molecular flexibility index (Phi) is 4.19. The van der Waals surface area contributed by atoms with Gasteiger partial charge in [-0.2, -0.15) is 0 Å². The number of hydrogen-bond acceptors (Lipinski definition) is 4. The van der Waals surface area contributed by atoms with Crippen LogP contribution in [0, 0.1) is 6.92 Å². The topological polar surface area (TPSA) is 37.4 Å². The van der Waals surface area contributed by atoms with E-state index in [1.165, 1.54) is 5.56 Å². The molecular formula is C14H23N3O. The highest BCUT2D eigenvalue weighted by molar-refractivity contribution is 5.43. The number of nitrogens with zero attached hydrogens (tertiary/aromatic N) is 2. The van der Waals surface area contributed by atoms with Crippen molar-refractivity contribution in [3.63, 3.8) is 0 Å². The summed E-state index contributed by atoms with van der Waals surface area (Å²) >= 11 is 0. The molecule has 2 heterocycles. The van der Waals surface area contributed by atoms with Gasteiger partial charge in [-0.05, 0) is 45.5 Å². The number of hydrogen-bond donors (Lipinski definition) is 1. The second-order valence-electron chi connectivity index (χ2n) is 5.17.